The lowest BCUT2D eigenvalue weighted by Crippen LogP contribution is -2.60. The zero-order chi connectivity index (χ0) is 32.5. The number of carbonyl (C=O) groups excluding carboxylic acids is 2. The molecule has 244 valence electrons. The third-order valence-corrected chi connectivity index (χ3v) is 7.53. The minimum atomic E-state index is -1.71. The number of esters is 2. The van der Waals surface area contributed by atoms with E-state index in [1.807, 2.05) is 0 Å². The van der Waals surface area contributed by atoms with E-state index in [1.165, 1.54) is 12.1 Å². The number of allylic oxidation sites excluding steroid dienone is 1. The van der Waals surface area contributed by atoms with Crippen LogP contribution in [0, 0.1) is 5.92 Å². The molecule has 45 heavy (non-hydrogen) atoms. The lowest BCUT2D eigenvalue weighted by molar-refractivity contribution is -0.327. The molecule has 2 aromatic rings. The predicted molar refractivity (Wildman–Crippen MR) is 155 cm³/mol. The Morgan fingerprint density at radius 2 is 1.58 bits per heavy atom. The molecule has 0 aliphatic carbocycles. The molecule has 0 radical (unpaired) electrons. The Balaban J connectivity index is 1.52. The zero-order valence-corrected chi connectivity index (χ0v) is 24.6. The Bertz CT molecular complexity index is 1340. The van der Waals surface area contributed by atoms with Gasteiger partial charge < -0.3 is 54.3 Å². The van der Waals surface area contributed by atoms with Gasteiger partial charge in [0.15, 0.2) is 6.29 Å². The maximum Gasteiger partial charge on any atom is 0.337 e. The van der Waals surface area contributed by atoms with Crippen LogP contribution in [-0.4, -0.2) is 99.4 Å². The summed E-state index contributed by atoms with van der Waals surface area (Å²) in [5, 5.41) is 58.9. The van der Waals surface area contributed by atoms with E-state index in [4.69, 9.17) is 28.8 Å². The molecule has 2 aromatic carbocycles. The molecule has 6 N–H and O–H groups in total. The maximum atomic E-state index is 13.3. The Labute approximate surface area is 259 Å². The van der Waals surface area contributed by atoms with Crippen LogP contribution in [0.15, 0.2) is 72.0 Å². The second kappa shape index (κ2) is 16.0. The fraction of sp³-hybridized carbons (Fsp3) is 0.438. The zero-order valence-electron chi connectivity index (χ0n) is 24.6. The topological polar surface area (TPSA) is 202 Å². The number of benzene rings is 2. The van der Waals surface area contributed by atoms with E-state index in [-0.39, 0.29) is 42.3 Å². The first-order valence-electron chi connectivity index (χ1n) is 14.5. The largest absolute Gasteiger partial charge is 0.508 e. The normalized spacial score (nSPS) is 27.4. The number of hydrogen-bond donors (Lipinski definition) is 6. The van der Waals surface area contributed by atoms with E-state index >= 15 is 0 Å². The van der Waals surface area contributed by atoms with Crippen molar-refractivity contribution in [3.63, 3.8) is 0 Å². The minimum absolute atomic E-state index is 0.00213. The van der Waals surface area contributed by atoms with Crippen molar-refractivity contribution in [3.05, 3.63) is 83.1 Å². The Morgan fingerprint density at radius 3 is 2.22 bits per heavy atom. The first-order valence-corrected chi connectivity index (χ1v) is 14.5. The van der Waals surface area contributed by atoms with Crippen molar-refractivity contribution in [1.82, 2.24) is 0 Å². The highest BCUT2D eigenvalue weighted by atomic mass is 16.8. The molecule has 13 nitrogen and oxygen atoms in total. The van der Waals surface area contributed by atoms with Crippen LogP contribution in [-0.2, 0) is 41.4 Å². The van der Waals surface area contributed by atoms with E-state index < -0.39 is 61.5 Å². The van der Waals surface area contributed by atoms with Gasteiger partial charge >= 0.3 is 11.9 Å². The minimum Gasteiger partial charge on any atom is -0.508 e. The molecule has 2 heterocycles. The molecular formula is C32H38O13. The summed E-state index contributed by atoms with van der Waals surface area (Å²) < 4.78 is 27.9. The summed E-state index contributed by atoms with van der Waals surface area (Å²) in [5.41, 5.74) is 1.96. The second-order valence-electron chi connectivity index (χ2n) is 10.6. The van der Waals surface area contributed by atoms with E-state index in [1.54, 1.807) is 49.4 Å². The molecule has 0 bridgehead atoms. The first-order chi connectivity index (χ1) is 21.6. The number of aliphatic hydroxyl groups excluding tert-OH is 5. The Kier molecular flexibility index (Phi) is 12.1. The van der Waals surface area contributed by atoms with Crippen molar-refractivity contribution in [2.75, 3.05) is 19.8 Å². The molecule has 13 heteroatoms. The fourth-order valence-electron chi connectivity index (χ4n) is 5.01. The summed E-state index contributed by atoms with van der Waals surface area (Å²) in [7, 11) is 0. The van der Waals surface area contributed by atoms with Crippen molar-refractivity contribution in [3.8, 4) is 11.5 Å². The summed E-state index contributed by atoms with van der Waals surface area (Å²) >= 11 is 0. The van der Waals surface area contributed by atoms with Gasteiger partial charge in [0.05, 0.1) is 31.5 Å². The fourth-order valence-corrected chi connectivity index (χ4v) is 5.01. The van der Waals surface area contributed by atoms with Crippen LogP contribution >= 0.6 is 0 Å². The standard InChI is InChI=1S/C32H38O13/c1-2-22-23(15-26(36)43-21-9-5-18(6-10-21)11-13-33)24(30(40)41-14-12-19-3-7-20(35)8-4-19)17-42-31(22)45-32-29(39)28(38)27(37)25(16-34)44-32/h2-10,17,23,25,27-29,31-35,37-39H,11-16H2,1H3/b22-2+/t23-,25+,27+,28-,29+,31-,32-/m0/s1. The number of aromatic hydroxyl groups is 1. The van der Waals surface area contributed by atoms with Crippen LogP contribution in [0.5, 0.6) is 11.5 Å². The van der Waals surface area contributed by atoms with Gasteiger partial charge in [0, 0.05) is 24.5 Å². The number of carbonyl (C=O) groups is 2. The Morgan fingerprint density at radius 1 is 0.911 bits per heavy atom. The van der Waals surface area contributed by atoms with E-state index in [0.29, 0.717) is 12.8 Å². The Hall–Kier alpha value is -3.82. The van der Waals surface area contributed by atoms with Crippen molar-refractivity contribution < 1.29 is 63.9 Å². The van der Waals surface area contributed by atoms with E-state index in [0.717, 1.165) is 17.4 Å². The molecular weight excluding hydrogens is 592 g/mol. The van der Waals surface area contributed by atoms with Gasteiger partial charge in [0.2, 0.25) is 6.29 Å². The van der Waals surface area contributed by atoms with Gasteiger partial charge in [0.25, 0.3) is 0 Å². The molecule has 0 aromatic heterocycles. The second-order valence-corrected chi connectivity index (χ2v) is 10.6. The van der Waals surface area contributed by atoms with Crippen molar-refractivity contribution in [2.45, 2.75) is 63.2 Å². The van der Waals surface area contributed by atoms with E-state index in [9.17, 15) is 35.1 Å². The summed E-state index contributed by atoms with van der Waals surface area (Å²) in [6.07, 6.45) is -5.96. The lowest BCUT2D eigenvalue weighted by Gasteiger charge is -2.41. The number of aliphatic hydroxyl groups is 5. The average Bonchev–Trinajstić information content (AvgIpc) is 3.03. The first kappa shape index (κ1) is 34.1. The number of phenolic OH excluding ortho intramolecular Hbond substituents is 1. The average molecular weight is 631 g/mol. The number of ether oxygens (including phenoxy) is 5. The quantitative estimate of drug-likeness (QED) is 0.108. The highest BCUT2D eigenvalue weighted by Gasteiger charge is 2.47. The number of phenols is 1. The van der Waals surface area contributed by atoms with Gasteiger partial charge in [-0.3, -0.25) is 4.79 Å². The lowest BCUT2D eigenvalue weighted by atomic mass is 9.86. The van der Waals surface area contributed by atoms with Crippen LogP contribution in [0.2, 0.25) is 0 Å². The molecule has 1 fully saturated rings. The highest BCUT2D eigenvalue weighted by molar-refractivity contribution is 5.91. The molecule has 0 spiro atoms. The van der Waals surface area contributed by atoms with Crippen LogP contribution in [0.1, 0.15) is 24.5 Å². The molecule has 4 rings (SSSR count). The van der Waals surface area contributed by atoms with E-state index in [2.05, 4.69) is 0 Å². The van der Waals surface area contributed by atoms with Gasteiger partial charge in [-0.25, -0.2) is 4.79 Å². The summed E-state index contributed by atoms with van der Waals surface area (Å²) in [6.45, 7) is 0.928. The van der Waals surface area contributed by atoms with Crippen molar-refractivity contribution in [2.24, 2.45) is 5.92 Å². The molecule has 0 saturated carbocycles. The molecule has 1 saturated heterocycles. The smallest absolute Gasteiger partial charge is 0.337 e. The number of rotatable bonds is 12. The maximum absolute atomic E-state index is 13.3. The van der Waals surface area contributed by atoms with Crippen LogP contribution in [0.3, 0.4) is 0 Å². The molecule has 2 aliphatic rings. The molecule has 0 amide bonds. The molecule has 7 atom stereocenters. The monoisotopic (exact) mass is 630 g/mol. The van der Waals surface area contributed by atoms with Crippen LogP contribution in [0.25, 0.3) is 0 Å². The molecule has 0 unspecified atom stereocenters. The van der Waals surface area contributed by atoms with Gasteiger partial charge in [-0.05, 0) is 48.7 Å². The summed E-state index contributed by atoms with van der Waals surface area (Å²) in [5.74, 6) is -2.04. The SMILES string of the molecule is C/C=C1/[C@H](O[C@@H]2O[C@H](CO)[C@@H](O)[C@H](O)[C@H]2O)OC=C(C(=O)OCCc2ccc(O)cc2)[C@H]1CC(=O)Oc1ccc(CCO)cc1. The van der Waals surface area contributed by atoms with Crippen LogP contribution in [0.4, 0.5) is 0 Å². The van der Waals surface area contributed by atoms with Gasteiger partial charge in [-0.2, -0.15) is 0 Å². The van der Waals surface area contributed by atoms with Gasteiger partial charge in [-0.1, -0.05) is 30.3 Å². The van der Waals surface area contributed by atoms with Gasteiger partial charge in [-0.15, -0.1) is 0 Å². The molecule has 2 aliphatic heterocycles. The summed E-state index contributed by atoms with van der Waals surface area (Å²) in [6, 6.07) is 13.0. The van der Waals surface area contributed by atoms with Crippen molar-refractivity contribution >= 4 is 11.9 Å². The predicted octanol–water partition coefficient (Wildman–Crippen LogP) is 0.628. The number of hydrogen-bond acceptors (Lipinski definition) is 13. The highest BCUT2D eigenvalue weighted by Crippen LogP contribution is 2.36. The van der Waals surface area contributed by atoms with Gasteiger partial charge in [0.1, 0.15) is 35.9 Å². The summed E-state index contributed by atoms with van der Waals surface area (Å²) in [4.78, 5) is 26.4. The third kappa shape index (κ3) is 8.67. The van der Waals surface area contributed by atoms with Crippen molar-refractivity contribution in [1.29, 1.82) is 0 Å². The van der Waals surface area contributed by atoms with Crippen LogP contribution < -0.4 is 4.74 Å². The third-order valence-electron chi connectivity index (χ3n) is 7.53.